The van der Waals surface area contributed by atoms with Crippen LogP contribution >= 0.6 is 38.9 Å². The van der Waals surface area contributed by atoms with Crippen molar-refractivity contribution in [2.24, 2.45) is 0 Å². The zero-order chi connectivity index (χ0) is 11.4. The predicted octanol–water partition coefficient (Wildman–Crippen LogP) is 3.61. The molecule has 0 saturated carbocycles. The van der Waals surface area contributed by atoms with Crippen LogP contribution in [0.5, 0.6) is 0 Å². The first-order valence-electron chi connectivity index (χ1n) is 4.69. The molecule has 0 fully saturated rings. The van der Waals surface area contributed by atoms with E-state index in [0.717, 1.165) is 28.3 Å². The molecular formula is C10H9BrClN3S. The Bertz CT molecular complexity index is 461. The Morgan fingerprint density at radius 2 is 2.31 bits per heavy atom. The summed E-state index contributed by atoms with van der Waals surface area (Å²) < 4.78 is 0.874. The normalized spacial score (nSPS) is 10.4. The second kappa shape index (κ2) is 5.61. The Hall–Kier alpha value is -0.650. The first kappa shape index (κ1) is 11.8. The van der Waals surface area contributed by atoms with E-state index < -0.39 is 0 Å². The van der Waals surface area contributed by atoms with Crippen molar-refractivity contribution in [1.29, 1.82) is 0 Å². The predicted molar refractivity (Wildman–Crippen MR) is 71.3 cm³/mol. The van der Waals surface area contributed by atoms with Crippen LogP contribution in [-0.4, -0.2) is 16.5 Å². The molecule has 0 amide bonds. The SMILES string of the molecule is Clc1cnc(NCCc2nccs2)c(Br)c1. The van der Waals surface area contributed by atoms with Gasteiger partial charge in [0.1, 0.15) is 5.82 Å². The summed E-state index contributed by atoms with van der Waals surface area (Å²) in [4.78, 5) is 8.40. The molecule has 2 aromatic rings. The molecule has 0 radical (unpaired) electrons. The smallest absolute Gasteiger partial charge is 0.140 e. The molecular weight excluding hydrogens is 310 g/mol. The van der Waals surface area contributed by atoms with E-state index in [1.807, 2.05) is 17.6 Å². The summed E-state index contributed by atoms with van der Waals surface area (Å²) in [5.41, 5.74) is 0. The van der Waals surface area contributed by atoms with E-state index in [2.05, 4.69) is 31.2 Å². The third-order valence-electron chi connectivity index (χ3n) is 1.92. The quantitative estimate of drug-likeness (QED) is 0.936. The minimum atomic E-state index is 0.623. The van der Waals surface area contributed by atoms with Crippen molar-refractivity contribution in [3.05, 3.63) is 38.3 Å². The number of nitrogens with one attached hydrogen (secondary N) is 1. The Morgan fingerprint density at radius 3 is 3.00 bits per heavy atom. The van der Waals surface area contributed by atoms with Gasteiger partial charge in [0.25, 0.3) is 0 Å². The van der Waals surface area contributed by atoms with E-state index >= 15 is 0 Å². The highest BCUT2D eigenvalue weighted by atomic mass is 79.9. The summed E-state index contributed by atoms with van der Waals surface area (Å²) in [6.45, 7) is 0.806. The molecule has 0 aliphatic carbocycles. The molecule has 0 aliphatic rings. The van der Waals surface area contributed by atoms with Gasteiger partial charge in [0.15, 0.2) is 0 Å². The van der Waals surface area contributed by atoms with Gasteiger partial charge in [-0.3, -0.25) is 0 Å². The lowest BCUT2D eigenvalue weighted by Gasteiger charge is -2.06. The first-order valence-corrected chi connectivity index (χ1v) is 6.74. The molecule has 0 atom stereocenters. The topological polar surface area (TPSA) is 37.8 Å². The number of nitrogens with zero attached hydrogens (tertiary/aromatic N) is 2. The van der Waals surface area contributed by atoms with Crippen LogP contribution in [0, 0.1) is 0 Å². The van der Waals surface area contributed by atoms with E-state index in [9.17, 15) is 0 Å². The summed E-state index contributed by atoms with van der Waals surface area (Å²) in [6.07, 6.45) is 4.34. The molecule has 84 valence electrons. The third kappa shape index (κ3) is 3.17. The minimum absolute atomic E-state index is 0.623. The van der Waals surface area contributed by atoms with E-state index in [0.29, 0.717) is 5.02 Å². The van der Waals surface area contributed by atoms with Crippen molar-refractivity contribution in [1.82, 2.24) is 9.97 Å². The molecule has 2 aromatic heterocycles. The highest BCUT2D eigenvalue weighted by Crippen LogP contribution is 2.22. The van der Waals surface area contributed by atoms with Crippen LogP contribution in [0.3, 0.4) is 0 Å². The van der Waals surface area contributed by atoms with E-state index in [1.165, 1.54) is 0 Å². The van der Waals surface area contributed by atoms with Crippen molar-refractivity contribution in [2.45, 2.75) is 6.42 Å². The lowest BCUT2D eigenvalue weighted by atomic mass is 10.4. The summed E-state index contributed by atoms with van der Waals surface area (Å²) in [6, 6.07) is 1.82. The van der Waals surface area contributed by atoms with E-state index in [4.69, 9.17) is 11.6 Å². The molecule has 0 aliphatic heterocycles. The molecule has 3 nitrogen and oxygen atoms in total. The zero-order valence-electron chi connectivity index (χ0n) is 8.28. The van der Waals surface area contributed by atoms with Crippen LogP contribution < -0.4 is 5.32 Å². The number of pyridine rings is 1. The summed E-state index contributed by atoms with van der Waals surface area (Å²) in [5.74, 6) is 0.806. The number of rotatable bonds is 4. The van der Waals surface area contributed by atoms with Gasteiger partial charge >= 0.3 is 0 Å². The average molecular weight is 319 g/mol. The van der Waals surface area contributed by atoms with Gasteiger partial charge in [-0.25, -0.2) is 9.97 Å². The van der Waals surface area contributed by atoms with Crippen molar-refractivity contribution in [3.8, 4) is 0 Å². The second-order valence-electron chi connectivity index (χ2n) is 3.09. The van der Waals surface area contributed by atoms with Gasteiger partial charge in [0.2, 0.25) is 0 Å². The van der Waals surface area contributed by atoms with Crippen molar-refractivity contribution < 1.29 is 0 Å². The van der Waals surface area contributed by atoms with E-state index in [1.54, 1.807) is 17.5 Å². The van der Waals surface area contributed by atoms with Gasteiger partial charge in [-0.15, -0.1) is 11.3 Å². The van der Waals surface area contributed by atoms with Gasteiger partial charge in [0.05, 0.1) is 14.5 Å². The van der Waals surface area contributed by atoms with Crippen LogP contribution in [0.2, 0.25) is 5.02 Å². The molecule has 0 unspecified atom stereocenters. The van der Waals surface area contributed by atoms with Crippen LogP contribution in [-0.2, 0) is 6.42 Å². The minimum Gasteiger partial charge on any atom is -0.369 e. The second-order valence-corrected chi connectivity index (χ2v) is 5.36. The largest absolute Gasteiger partial charge is 0.369 e. The molecule has 0 saturated heterocycles. The van der Waals surface area contributed by atoms with Crippen LogP contribution in [0.15, 0.2) is 28.3 Å². The third-order valence-corrected chi connectivity index (χ3v) is 3.57. The number of anilines is 1. The standard InChI is InChI=1S/C10H9BrClN3S/c11-8-5-7(12)6-15-10(8)14-2-1-9-13-3-4-16-9/h3-6H,1-2H2,(H,14,15). The Morgan fingerprint density at radius 1 is 1.44 bits per heavy atom. The highest BCUT2D eigenvalue weighted by Gasteiger charge is 2.02. The summed E-state index contributed by atoms with van der Waals surface area (Å²) >= 11 is 10.9. The monoisotopic (exact) mass is 317 g/mol. The first-order chi connectivity index (χ1) is 7.75. The lowest BCUT2D eigenvalue weighted by Crippen LogP contribution is -2.06. The van der Waals surface area contributed by atoms with Gasteiger partial charge in [0, 0.05) is 30.7 Å². The molecule has 0 spiro atoms. The lowest BCUT2D eigenvalue weighted by molar-refractivity contribution is 0.986. The number of hydrogen-bond donors (Lipinski definition) is 1. The Balaban J connectivity index is 1.90. The van der Waals surface area contributed by atoms with Gasteiger partial charge < -0.3 is 5.32 Å². The molecule has 1 N–H and O–H groups in total. The van der Waals surface area contributed by atoms with Crippen LogP contribution in [0.1, 0.15) is 5.01 Å². The Kier molecular flexibility index (Phi) is 4.15. The average Bonchev–Trinajstić information content (AvgIpc) is 2.74. The fourth-order valence-corrected chi connectivity index (χ4v) is 2.61. The molecule has 0 bridgehead atoms. The van der Waals surface area contributed by atoms with Gasteiger partial charge in [-0.1, -0.05) is 11.6 Å². The maximum absolute atomic E-state index is 5.80. The molecule has 16 heavy (non-hydrogen) atoms. The molecule has 6 heteroatoms. The van der Waals surface area contributed by atoms with Crippen molar-refractivity contribution in [2.75, 3.05) is 11.9 Å². The highest BCUT2D eigenvalue weighted by molar-refractivity contribution is 9.10. The number of halogens is 2. The van der Waals surface area contributed by atoms with Gasteiger partial charge in [-0.2, -0.15) is 0 Å². The fraction of sp³-hybridized carbons (Fsp3) is 0.200. The molecule has 2 rings (SSSR count). The van der Waals surface area contributed by atoms with Crippen LogP contribution in [0.4, 0.5) is 5.82 Å². The molecule has 2 heterocycles. The summed E-state index contributed by atoms with van der Waals surface area (Å²) in [7, 11) is 0. The molecule has 0 aromatic carbocycles. The number of aromatic nitrogens is 2. The zero-order valence-corrected chi connectivity index (χ0v) is 11.4. The maximum atomic E-state index is 5.80. The summed E-state index contributed by atoms with van der Waals surface area (Å²) in [5, 5.41) is 6.95. The van der Waals surface area contributed by atoms with Crippen molar-refractivity contribution >= 4 is 44.7 Å². The number of hydrogen-bond acceptors (Lipinski definition) is 4. The van der Waals surface area contributed by atoms with Gasteiger partial charge in [-0.05, 0) is 22.0 Å². The van der Waals surface area contributed by atoms with Crippen LogP contribution in [0.25, 0.3) is 0 Å². The fourth-order valence-electron chi connectivity index (χ4n) is 1.21. The maximum Gasteiger partial charge on any atom is 0.140 e. The number of thiazole rings is 1. The van der Waals surface area contributed by atoms with Crippen molar-refractivity contribution in [3.63, 3.8) is 0 Å². The van der Waals surface area contributed by atoms with E-state index in [-0.39, 0.29) is 0 Å². The Labute approximate surface area is 111 Å².